The molecular formula is C15H19N3O3. The Hall–Kier alpha value is -2.13. The van der Waals surface area contributed by atoms with E-state index in [1.54, 1.807) is 19.1 Å². The smallest absolute Gasteiger partial charge is 0.276 e. The van der Waals surface area contributed by atoms with Crippen LogP contribution in [0.5, 0.6) is 5.75 Å². The molecule has 1 fully saturated rings. The summed E-state index contributed by atoms with van der Waals surface area (Å²) in [5.74, 6) is 0.496. The highest BCUT2D eigenvalue weighted by Crippen LogP contribution is 2.28. The lowest BCUT2D eigenvalue weighted by Crippen LogP contribution is -2.43. The Bertz CT molecular complexity index is 578. The minimum Gasteiger partial charge on any atom is -0.493 e. The van der Waals surface area contributed by atoms with Gasteiger partial charge >= 0.3 is 0 Å². The van der Waals surface area contributed by atoms with Crippen molar-refractivity contribution >= 4 is 5.69 Å². The number of nitro groups is 1. The van der Waals surface area contributed by atoms with E-state index in [0.29, 0.717) is 30.4 Å². The topological polar surface area (TPSA) is 88.2 Å². The number of nitrogens with zero attached hydrogens (tertiary/aromatic N) is 2. The molecule has 0 radical (unpaired) electrons. The Labute approximate surface area is 123 Å². The van der Waals surface area contributed by atoms with Crippen LogP contribution in [-0.2, 0) is 0 Å². The van der Waals surface area contributed by atoms with Gasteiger partial charge in [0.25, 0.3) is 5.69 Å². The SMILES string of the molecule is Cc1c(OCCC(C)(C#N)NC2CC2)cccc1[N+](=O)[O-]. The van der Waals surface area contributed by atoms with Gasteiger partial charge in [0.15, 0.2) is 0 Å². The molecule has 1 aromatic carbocycles. The number of hydrogen-bond donors (Lipinski definition) is 1. The van der Waals surface area contributed by atoms with Crippen molar-refractivity contribution < 1.29 is 9.66 Å². The zero-order valence-corrected chi connectivity index (χ0v) is 12.3. The lowest BCUT2D eigenvalue weighted by atomic mass is 10.0. The fourth-order valence-electron chi connectivity index (χ4n) is 2.16. The summed E-state index contributed by atoms with van der Waals surface area (Å²) in [5, 5.41) is 23.4. The predicted octanol–water partition coefficient (Wildman–Crippen LogP) is 2.71. The van der Waals surface area contributed by atoms with E-state index in [9.17, 15) is 15.4 Å². The molecule has 1 aromatic rings. The van der Waals surface area contributed by atoms with Gasteiger partial charge in [-0.2, -0.15) is 5.26 Å². The minimum absolute atomic E-state index is 0.0478. The Morgan fingerprint density at radius 1 is 1.57 bits per heavy atom. The van der Waals surface area contributed by atoms with Crippen LogP contribution >= 0.6 is 0 Å². The Kier molecular flexibility index (Phi) is 4.43. The summed E-state index contributed by atoms with van der Waals surface area (Å²) in [4.78, 5) is 10.5. The number of benzene rings is 1. The summed E-state index contributed by atoms with van der Waals surface area (Å²) in [5.41, 5.74) is -0.0570. The van der Waals surface area contributed by atoms with Crippen LogP contribution in [0.2, 0.25) is 0 Å². The average Bonchev–Trinajstić information content (AvgIpc) is 3.24. The van der Waals surface area contributed by atoms with Gasteiger partial charge in [-0.05, 0) is 32.8 Å². The highest BCUT2D eigenvalue weighted by Gasteiger charge is 2.32. The summed E-state index contributed by atoms with van der Waals surface area (Å²) in [6, 6.07) is 7.49. The first-order chi connectivity index (χ1) is 9.95. The first-order valence-corrected chi connectivity index (χ1v) is 7.01. The highest BCUT2D eigenvalue weighted by molar-refractivity contribution is 5.48. The quantitative estimate of drug-likeness (QED) is 0.616. The van der Waals surface area contributed by atoms with Crippen LogP contribution in [0.4, 0.5) is 5.69 Å². The number of nitrogens with one attached hydrogen (secondary N) is 1. The molecule has 2 rings (SSSR count). The van der Waals surface area contributed by atoms with Crippen LogP contribution in [0.3, 0.4) is 0 Å². The number of nitro benzene ring substituents is 1. The molecule has 112 valence electrons. The van der Waals surface area contributed by atoms with Crippen LogP contribution in [0.25, 0.3) is 0 Å². The molecule has 0 aromatic heterocycles. The number of rotatable bonds is 7. The van der Waals surface area contributed by atoms with E-state index < -0.39 is 10.5 Å². The van der Waals surface area contributed by atoms with Crippen molar-refractivity contribution in [2.75, 3.05) is 6.61 Å². The van der Waals surface area contributed by atoms with Crippen molar-refractivity contribution in [1.29, 1.82) is 5.26 Å². The molecule has 0 spiro atoms. The molecule has 1 aliphatic carbocycles. The molecule has 1 atom stereocenters. The normalized spacial score (nSPS) is 16.8. The Balaban J connectivity index is 1.95. The van der Waals surface area contributed by atoms with Gasteiger partial charge in [0.2, 0.25) is 0 Å². The molecule has 0 heterocycles. The molecule has 1 saturated carbocycles. The van der Waals surface area contributed by atoms with Crippen LogP contribution < -0.4 is 10.1 Å². The molecule has 6 heteroatoms. The molecule has 0 saturated heterocycles. The highest BCUT2D eigenvalue weighted by atomic mass is 16.6. The van der Waals surface area contributed by atoms with Gasteiger partial charge in [0.1, 0.15) is 11.3 Å². The van der Waals surface area contributed by atoms with E-state index in [1.165, 1.54) is 6.07 Å². The minimum atomic E-state index is -0.615. The third-order valence-corrected chi connectivity index (χ3v) is 3.66. The van der Waals surface area contributed by atoms with E-state index in [2.05, 4.69) is 11.4 Å². The zero-order valence-electron chi connectivity index (χ0n) is 12.3. The van der Waals surface area contributed by atoms with Gasteiger partial charge < -0.3 is 4.74 Å². The second kappa shape index (κ2) is 6.10. The molecule has 0 bridgehead atoms. The van der Waals surface area contributed by atoms with Crippen molar-refractivity contribution in [2.45, 2.75) is 44.7 Å². The van der Waals surface area contributed by atoms with Gasteiger partial charge in [-0.3, -0.25) is 15.4 Å². The number of nitriles is 1. The van der Waals surface area contributed by atoms with Crippen LogP contribution in [0, 0.1) is 28.4 Å². The summed E-state index contributed by atoms with van der Waals surface area (Å²) >= 11 is 0. The second-order valence-electron chi connectivity index (χ2n) is 5.62. The van der Waals surface area contributed by atoms with E-state index in [-0.39, 0.29) is 5.69 Å². The van der Waals surface area contributed by atoms with E-state index in [4.69, 9.17) is 4.74 Å². The standard InChI is InChI=1S/C15H19N3O3/c1-11-13(18(19)20)4-3-5-14(11)21-9-8-15(2,10-16)17-12-6-7-12/h3-5,12,17H,6-9H2,1-2H3. The summed E-state index contributed by atoms with van der Waals surface area (Å²) < 4.78 is 5.63. The lowest BCUT2D eigenvalue weighted by Gasteiger charge is -2.23. The van der Waals surface area contributed by atoms with E-state index >= 15 is 0 Å². The summed E-state index contributed by atoms with van der Waals surface area (Å²) in [6.07, 6.45) is 2.76. The monoisotopic (exact) mass is 289 g/mol. The van der Waals surface area contributed by atoms with Gasteiger partial charge in [0, 0.05) is 18.5 Å². The fraction of sp³-hybridized carbons (Fsp3) is 0.533. The molecular weight excluding hydrogens is 270 g/mol. The largest absolute Gasteiger partial charge is 0.493 e. The Morgan fingerprint density at radius 3 is 2.86 bits per heavy atom. The van der Waals surface area contributed by atoms with Crippen molar-refractivity contribution in [2.24, 2.45) is 0 Å². The van der Waals surface area contributed by atoms with Gasteiger partial charge in [0.05, 0.1) is 23.2 Å². The maximum Gasteiger partial charge on any atom is 0.276 e. The first-order valence-electron chi connectivity index (χ1n) is 7.01. The third-order valence-electron chi connectivity index (χ3n) is 3.66. The maximum atomic E-state index is 10.9. The van der Waals surface area contributed by atoms with Crippen LogP contribution in [0.15, 0.2) is 18.2 Å². The predicted molar refractivity (Wildman–Crippen MR) is 78.1 cm³/mol. The molecule has 21 heavy (non-hydrogen) atoms. The van der Waals surface area contributed by atoms with E-state index in [0.717, 1.165) is 12.8 Å². The lowest BCUT2D eigenvalue weighted by molar-refractivity contribution is -0.385. The second-order valence-corrected chi connectivity index (χ2v) is 5.62. The molecule has 6 nitrogen and oxygen atoms in total. The first kappa shape index (κ1) is 15.3. The Morgan fingerprint density at radius 2 is 2.29 bits per heavy atom. The summed E-state index contributed by atoms with van der Waals surface area (Å²) in [6.45, 7) is 3.86. The van der Waals surface area contributed by atoms with Crippen molar-refractivity contribution in [3.05, 3.63) is 33.9 Å². The third kappa shape index (κ3) is 3.92. The molecule has 0 aliphatic heterocycles. The van der Waals surface area contributed by atoms with Gasteiger partial charge in [-0.25, -0.2) is 0 Å². The van der Waals surface area contributed by atoms with Gasteiger partial charge in [-0.15, -0.1) is 0 Å². The molecule has 1 unspecified atom stereocenters. The van der Waals surface area contributed by atoms with Crippen LogP contribution in [0.1, 0.15) is 31.7 Å². The van der Waals surface area contributed by atoms with Crippen molar-refractivity contribution in [3.8, 4) is 11.8 Å². The maximum absolute atomic E-state index is 10.9. The molecule has 0 amide bonds. The van der Waals surface area contributed by atoms with Gasteiger partial charge in [-0.1, -0.05) is 6.07 Å². The molecule has 1 aliphatic rings. The average molecular weight is 289 g/mol. The fourth-order valence-corrected chi connectivity index (χ4v) is 2.16. The number of ether oxygens (including phenoxy) is 1. The van der Waals surface area contributed by atoms with Crippen molar-refractivity contribution in [3.63, 3.8) is 0 Å². The van der Waals surface area contributed by atoms with Crippen LogP contribution in [-0.4, -0.2) is 23.1 Å². The van der Waals surface area contributed by atoms with Crippen molar-refractivity contribution in [1.82, 2.24) is 5.32 Å². The van der Waals surface area contributed by atoms with E-state index in [1.807, 2.05) is 6.92 Å². The zero-order chi connectivity index (χ0) is 15.5. The summed E-state index contributed by atoms with van der Waals surface area (Å²) in [7, 11) is 0. The molecule has 1 N–H and O–H groups in total. The number of hydrogen-bond acceptors (Lipinski definition) is 5.